The second-order valence-electron chi connectivity index (χ2n) is 5.29. The van der Waals surface area contributed by atoms with Gasteiger partial charge in [0.05, 0.1) is 25.8 Å². The van der Waals surface area contributed by atoms with E-state index in [1.165, 1.54) is 6.92 Å². The number of hydrogen-bond donors (Lipinski definition) is 2. The van der Waals surface area contributed by atoms with Crippen LogP contribution in [0.4, 0.5) is 0 Å². The maximum absolute atomic E-state index is 11.9. The fourth-order valence-corrected chi connectivity index (χ4v) is 2.35. The van der Waals surface area contributed by atoms with Gasteiger partial charge in [-0.05, 0) is 6.07 Å². The van der Waals surface area contributed by atoms with Crippen LogP contribution >= 0.6 is 0 Å². The van der Waals surface area contributed by atoms with Gasteiger partial charge in [0.25, 0.3) is 0 Å². The number of hydrogen-bond acceptors (Lipinski definition) is 5. The van der Waals surface area contributed by atoms with Crippen molar-refractivity contribution in [3.8, 4) is 0 Å². The highest BCUT2D eigenvalue weighted by Gasteiger charge is 2.22. The molecular weight excluding hydrogens is 286 g/mol. The lowest BCUT2D eigenvalue weighted by atomic mass is 10.2. The largest absolute Gasteiger partial charge is 0.374 e. The number of nitrogens with zero attached hydrogens (tertiary/aromatic N) is 3. The van der Waals surface area contributed by atoms with Gasteiger partial charge in [-0.1, -0.05) is 0 Å². The fourth-order valence-electron chi connectivity index (χ4n) is 2.35. The normalized spacial score (nSPS) is 18.9. The first-order valence-corrected chi connectivity index (χ1v) is 7.46. The molecule has 1 aromatic rings. The highest BCUT2D eigenvalue weighted by atomic mass is 16.5. The fraction of sp³-hybridized carbons (Fsp3) is 0.643. The van der Waals surface area contributed by atoms with Gasteiger partial charge in [0, 0.05) is 45.5 Å². The van der Waals surface area contributed by atoms with Gasteiger partial charge in [-0.2, -0.15) is 5.10 Å². The molecule has 2 N–H and O–H groups in total. The average Bonchev–Trinajstić information content (AvgIpc) is 2.97. The van der Waals surface area contributed by atoms with Crippen LogP contribution in [0.25, 0.3) is 0 Å². The van der Waals surface area contributed by atoms with Crippen LogP contribution in [0.3, 0.4) is 0 Å². The van der Waals surface area contributed by atoms with Gasteiger partial charge in [-0.25, -0.2) is 0 Å². The van der Waals surface area contributed by atoms with E-state index in [2.05, 4.69) is 20.6 Å². The molecular formula is C14H23N5O3. The van der Waals surface area contributed by atoms with Gasteiger partial charge in [-0.15, -0.1) is 0 Å². The Labute approximate surface area is 129 Å². The van der Waals surface area contributed by atoms with Crippen LogP contribution in [0, 0.1) is 0 Å². The minimum absolute atomic E-state index is 0.0370. The van der Waals surface area contributed by atoms with Gasteiger partial charge >= 0.3 is 0 Å². The summed E-state index contributed by atoms with van der Waals surface area (Å²) in [7, 11) is 0. The van der Waals surface area contributed by atoms with Crippen LogP contribution in [0.15, 0.2) is 18.5 Å². The van der Waals surface area contributed by atoms with Gasteiger partial charge in [0.15, 0.2) is 0 Å². The molecule has 0 radical (unpaired) electrons. The molecule has 1 aliphatic rings. The summed E-state index contributed by atoms with van der Waals surface area (Å²) < 4.78 is 7.54. The van der Waals surface area contributed by atoms with Gasteiger partial charge < -0.3 is 15.4 Å². The third-order valence-electron chi connectivity index (χ3n) is 3.36. The summed E-state index contributed by atoms with van der Waals surface area (Å²) >= 11 is 0. The molecule has 0 unspecified atom stereocenters. The van der Waals surface area contributed by atoms with E-state index >= 15 is 0 Å². The summed E-state index contributed by atoms with van der Waals surface area (Å²) in [5.41, 5.74) is 0. The molecule has 22 heavy (non-hydrogen) atoms. The Bertz CT molecular complexity index is 477. The number of nitrogens with one attached hydrogen (secondary N) is 2. The minimum atomic E-state index is -0.0936. The van der Waals surface area contributed by atoms with E-state index in [1.807, 2.05) is 16.9 Å². The molecule has 122 valence electrons. The monoisotopic (exact) mass is 309 g/mol. The third-order valence-corrected chi connectivity index (χ3v) is 3.36. The van der Waals surface area contributed by atoms with E-state index in [-0.39, 0.29) is 17.9 Å². The van der Waals surface area contributed by atoms with Crippen molar-refractivity contribution < 1.29 is 14.3 Å². The van der Waals surface area contributed by atoms with E-state index in [9.17, 15) is 9.59 Å². The summed E-state index contributed by atoms with van der Waals surface area (Å²) in [4.78, 5) is 24.6. The molecule has 0 bridgehead atoms. The number of morpholine rings is 1. The van der Waals surface area contributed by atoms with Gasteiger partial charge in [0.1, 0.15) is 0 Å². The van der Waals surface area contributed by atoms with Crippen molar-refractivity contribution in [1.29, 1.82) is 0 Å². The van der Waals surface area contributed by atoms with Crippen LogP contribution in [0.2, 0.25) is 0 Å². The topological polar surface area (TPSA) is 88.5 Å². The molecule has 1 atom stereocenters. The van der Waals surface area contributed by atoms with Crippen LogP contribution in [0.1, 0.15) is 6.92 Å². The number of amides is 2. The van der Waals surface area contributed by atoms with E-state index in [0.717, 1.165) is 6.54 Å². The van der Waals surface area contributed by atoms with Crippen molar-refractivity contribution in [2.45, 2.75) is 19.6 Å². The second kappa shape index (κ2) is 8.50. The highest BCUT2D eigenvalue weighted by molar-refractivity contribution is 5.78. The molecule has 8 heteroatoms. The first kappa shape index (κ1) is 16.4. The van der Waals surface area contributed by atoms with E-state index in [4.69, 9.17) is 4.74 Å². The number of ether oxygens (including phenoxy) is 1. The summed E-state index contributed by atoms with van der Waals surface area (Å²) in [5.74, 6) is -0.131. The molecule has 0 saturated carbocycles. The predicted octanol–water partition coefficient (Wildman–Crippen LogP) is -1.16. The standard InChI is InChI=1S/C14H23N5O3/c1-12(20)15-4-5-16-14(21)11-18-7-8-22-13(9-18)10-19-6-2-3-17-19/h2-3,6,13H,4-5,7-11H2,1H3,(H,15,20)(H,16,21)/t13-/m1/s1. The number of rotatable bonds is 7. The average molecular weight is 309 g/mol. The second-order valence-corrected chi connectivity index (χ2v) is 5.29. The molecule has 2 amide bonds. The minimum Gasteiger partial charge on any atom is -0.374 e. The Morgan fingerprint density at radius 2 is 2.18 bits per heavy atom. The zero-order chi connectivity index (χ0) is 15.8. The maximum atomic E-state index is 11.9. The third kappa shape index (κ3) is 5.82. The molecule has 1 saturated heterocycles. The Balaban J connectivity index is 1.66. The smallest absolute Gasteiger partial charge is 0.234 e. The molecule has 1 aromatic heterocycles. The molecule has 1 aliphatic heterocycles. The molecule has 0 aromatic carbocycles. The Morgan fingerprint density at radius 1 is 1.36 bits per heavy atom. The van der Waals surface area contributed by atoms with Crippen molar-refractivity contribution in [3.63, 3.8) is 0 Å². The number of aromatic nitrogens is 2. The lowest BCUT2D eigenvalue weighted by Gasteiger charge is -2.32. The van der Waals surface area contributed by atoms with E-state index < -0.39 is 0 Å². The molecule has 1 fully saturated rings. The zero-order valence-electron chi connectivity index (χ0n) is 12.8. The van der Waals surface area contributed by atoms with Crippen molar-refractivity contribution in [2.24, 2.45) is 0 Å². The van der Waals surface area contributed by atoms with Crippen LogP contribution in [0.5, 0.6) is 0 Å². The Morgan fingerprint density at radius 3 is 2.91 bits per heavy atom. The summed E-state index contributed by atoms with van der Waals surface area (Å²) in [6, 6.07) is 1.88. The molecule has 0 aliphatic carbocycles. The summed E-state index contributed by atoms with van der Waals surface area (Å²) in [5, 5.41) is 9.60. The zero-order valence-corrected chi connectivity index (χ0v) is 12.8. The van der Waals surface area contributed by atoms with Crippen molar-refractivity contribution in [1.82, 2.24) is 25.3 Å². The first-order valence-electron chi connectivity index (χ1n) is 7.46. The Hall–Kier alpha value is -1.93. The van der Waals surface area contributed by atoms with Crippen molar-refractivity contribution in [2.75, 3.05) is 39.3 Å². The number of carbonyl (C=O) groups is 2. The van der Waals surface area contributed by atoms with Gasteiger partial charge in [-0.3, -0.25) is 19.2 Å². The van der Waals surface area contributed by atoms with Crippen LogP contribution in [-0.4, -0.2) is 71.9 Å². The van der Waals surface area contributed by atoms with Crippen LogP contribution in [-0.2, 0) is 20.9 Å². The SMILES string of the molecule is CC(=O)NCCNC(=O)CN1CCO[C@@H](Cn2cccn2)C1. The van der Waals surface area contributed by atoms with E-state index in [0.29, 0.717) is 39.3 Å². The maximum Gasteiger partial charge on any atom is 0.234 e. The molecule has 0 spiro atoms. The first-order chi connectivity index (χ1) is 10.6. The molecule has 8 nitrogen and oxygen atoms in total. The molecule has 2 rings (SSSR count). The Kier molecular flexibility index (Phi) is 6.35. The molecule has 2 heterocycles. The predicted molar refractivity (Wildman–Crippen MR) is 80.1 cm³/mol. The highest BCUT2D eigenvalue weighted by Crippen LogP contribution is 2.06. The van der Waals surface area contributed by atoms with E-state index in [1.54, 1.807) is 6.20 Å². The summed E-state index contributed by atoms with van der Waals surface area (Å²) in [6.07, 6.45) is 3.68. The van der Waals surface area contributed by atoms with Crippen molar-refractivity contribution >= 4 is 11.8 Å². The lowest BCUT2D eigenvalue weighted by molar-refractivity contribution is -0.125. The summed E-state index contributed by atoms with van der Waals surface area (Å²) in [6.45, 7) is 5.45. The van der Waals surface area contributed by atoms with Crippen LogP contribution < -0.4 is 10.6 Å². The lowest BCUT2D eigenvalue weighted by Crippen LogP contribution is -2.48. The van der Waals surface area contributed by atoms with Crippen molar-refractivity contribution in [3.05, 3.63) is 18.5 Å². The van der Waals surface area contributed by atoms with Gasteiger partial charge in [0.2, 0.25) is 11.8 Å². The number of carbonyl (C=O) groups excluding carboxylic acids is 2. The quantitative estimate of drug-likeness (QED) is 0.620.